The highest BCUT2D eigenvalue weighted by Gasteiger charge is 2.17. The van der Waals surface area contributed by atoms with E-state index in [1.807, 2.05) is 0 Å². The summed E-state index contributed by atoms with van der Waals surface area (Å²) >= 11 is 0. The van der Waals surface area contributed by atoms with E-state index >= 15 is 0 Å². The molecule has 0 bridgehead atoms. The van der Waals surface area contributed by atoms with Crippen LogP contribution in [0.5, 0.6) is 0 Å². The number of nitrogens with zero attached hydrogens (tertiary/aromatic N) is 4. The van der Waals surface area contributed by atoms with Crippen molar-refractivity contribution in [2.24, 2.45) is 0 Å². The second kappa shape index (κ2) is 4.94. The summed E-state index contributed by atoms with van der Waals surface area (Å²) < 4.78 is 25.8. The molecule has 98 valence electrons. The number of hydrogen-bond acceptors (Lipinski definition) is 7. The van der Waals surface area contributed by atoms with Gasteiger partial charge in [-0.3, -0.25) is 0 Å². The Morgan fingerprint density at radius 1 is 1.21 bits per heavy atom. The lowest BCUT2D eigenvalue weighted by atomic mass is 10.3. The van der Waals surface area contributed by atoms with Crippen LogP contribution in [0.1, 0.15) is 10.4 Å². The highest BCUT2D eigenvalue weighted by molar-refractivity contribution is 7.92. The first kappa shape index (κ1) is 12.8. The Morgan fingerprint density at radius 3 is 2.53 bits per heavy atom. The average molecular weight is 281 g/mol. The number of rotatable bonds is 4. The summed E-state index contributed by atoms with van der Waals surface area (Å²) in [7, 11) is -3.97. The van der Waals surface area contributed by atoms with Crippen molar-refractivity contribution >= 4 is 21.9 Å². The summed E-state index contributed by atoms with van der Waals surface area (Å²) in [4.78, 5) is 17.8. The van der Waals surface area contributed by atoms with Gasteiger partial charge in [-0.25, -0.2) is 19.5 Å². The lowest BCUT2D eigenvalue weighted by Gasteiger charge is -2.04. The molecule has 19 heavy (non-hydrogen) atoms. The Labute approximate surface area is 107 Å². The third-order valence-corrected chi connectivity index (χ3v) is 3.21. The monoisotopic (exact) mass is 281 g/mol. The van der Waals surface area contributed by atoms with Crippen molar-refractivity contribution < 1.29 is 18.3 Å². The molecular formula is C9H7N5O4S. The quantitative estimate of drug-likeness (QED) is 0.784. The zero-order chi connectivity index (χ0) is 13.9. The van der Waals surface area contributed by atoms with Gasteiger partial charge >= 0.3 is 5.97 Å². The number of carboxylic acids is 1. The summed E-state index contributed by atoms with van der Waals surface area (Å²) in [6, 6.07) is 2.20. The van der Waals surface area contributed by atoms with Gasteiger partial charge in [0.05, 0.1) is 18.0 Å². The van der Waals surface area contributed by atoms with Crippen molar-refractivity contribution in [2.45, 2.75) is 5.03 Å². The minimum absolute atomic E-state index is 0.114. The Balaban J connectivity index is 2.27. The van der Waals surface area contributed by atoms with Crippen molar-refractivity contribution in [1.29, 1.82) is 0 Å². The van der Waals surface area contributed by atoms with E-state index < -0.39 is 16.0 Å². The number of anilines is 1. The van der Waals surface area contributed by atoms with Crippen molar-refractivity contribution in [2.75, 3.05) is 4.72 Å². The lowest BCUT2D eigenvalue weighted by Crippen LogP contribution is -2.16. The molecule has 0 aromatic carbocycles. The first-order valence-electron chi connectivity index (χ1n) is 4.85. The topological polar surface area (TPSA) is 135 Å². The van der Waals surface area contributed by atoms with E-state index in [0.717, 1.165) is 18.3 Å². The highest BCUT2D eigenvalue weighted by Crippen LogP contribution is 2.10. The molecular weight excluding hydrogens is 274 g/mol. The number of aromatic nitrogens is 4. The van der Waals surface area contributed by atoms with E-state index in [1.165, 1.54) is 12.4 Å². The minimum Gasteiger partial charge on any atom is -0.478 e. The fourth-order valence-electron chi connectivity index (χ4n) is 1.13. The molecule has 0 spiro atoms. The highest BCUT2D eigenvalue weighted by atomic mass is 32.2. The first-order valence-corrected chi connectivity index (χ1v) is 6.33. The van der Waals surface area contributed by atoms with Crippen LogP contribution in [0.2, 0.25) is 0 Å². The van der Waals surface area contributed by atoms with Gasteiger partial charge < -0.3 is 5.11 Å². The van der Waals surface area contributed by atoms with Crippen LogP contribution in [0, 0.1) is 0 Å². The molecule has 0 atom stereocenters. The lowest BCUT2D eigenvalue weighted by molar-refractivity contribution is 0.0696. The summed E-state index contributed by atoms with van der Waals surface area (Å²) in [6.45, 7) is 0. The summed E-state index contributed by atoms with van der Waals surface area (Å²) in [6.07, 6.45) is 3.50. The largest absolute Gasteiger partial charge is 0.478 e. The van der Waals surface area contributed by atoms with Gasteiger partial charge in [0.15, 0.2) is 5.03 Å². The predicted molar refractivity (Wildman–Crippen MR) is 61.8 cm³/mol. The molecule has 0 unspecified atom stereocenters. The fourth-order valence-corrected chi connectivity index (χ4v) is 2.01. The molecule has 0 fully saturated rings. The molecule has 0 saturated carbocycles. The average Bonchev–Trinajstić information content (AvgIpc) is 2.39. The maximum atomic E-state index is 11.9. The summed E-state index contributed by atoms with van der Waals surface area (Å²) in [5.74, 6) is -1.40. The second-order valence-electron chi connectivity index (χ2n) is 3.26. The van der Waals surface area contributed by atoms with Gasteiger partial charge in [0.2, 0.25) is 0 Å². The number of nitrogens with one attached hydrogen (secondary N) is 1. The number of hydrogen-bond donors (Lipinski definition) is 2. The number of pyridine rings is 1. The second-order valence-corrected chi connectivity index (χ2v) is 4.89. The summed E-state index contributed by atoms with van der Waals surface area (Å²) in [5.41, 5.74) is -0.114. The van der Waals surface area contributed by atoms with E-state index in [-0.39, 0.29) is 16.5 Å². The molecule has 0 aliphatic carbocycles. The van der Waals surface area contributed by atoms with E-state index in [0.29, 0.717) is 0 Å². The van der Waals surface area contributed by atoms with Crippen LogP contribution in [0.3, 0.4) is 0 Å². The number of sulfonamides is 1. The minimum atomic E-state index is -3.97. The Kier molecular flexibility index (Phi) is 3.33. The molecule has 10 heteroatoms. The van der Waals surface area contributed by atoms with E-state index in [4.69, 9.17) is 5.11 Å². The molecule has 0 aliphatic rings. The van der Waals surface area contributed by atoms with E-state index in [2.05, 4.69) is 24.9 Å². The molecule has 0 amide bonds. The van der Waals surface area contributed by atoms with Crippen LogP contribution in [0.4, 0.5) is 5.95 Å². The third kappa shape index (κ3) is 2.98. The maximum absolute atomic E-state index is 11.9. The van der Waals surface area contributed by atoms with Gasteiger partial charge in [-0.2, -0.15) is 13.5 Å². The fraction of sp³-hybridized carbons (Fsp3) is 0. The van der Waals surface area contributed by atoms with Gasteiger partial charge in [0.1, 0.15) is 0 Å². The van der Waals surface area contributed by atoms with E-state index in [1.54, 1.807) is 0 Å². The molecule has 2 aromatic heterocycles. The Morgan fingerprint density at radius 2 is 2.00 bits per heavy atom. The third-order valence-electron chi connectivity index (χ3n) is 1.97. The van der Waals surface area contributed by atoms with Crippen LogP contribution >= 0.6 is 0 Å². The molecule has 2 aromatic rings. The van der Waals surface area contributed by atoms with Gasteiger partial charge in [-0.1, -0.05) is 0 Å². The van der Waals surface area contributed by atoms with Crippen molar-refractivity contribution in [3.63, 3.8) is 0 Å². The Bertz CT molecular complexity index is 686. The standard InChI is InChI=1S/C9H7N5O4S/c15-8(16)6-1-2-7(11-5-6)19(17,18)14-9-10-3-4-12-13-9/h1-5H,(H,15,16)(H,10,13,14). The van der Waals surface area contributed by atoms with Gasteiger partial charge in [0, 0.05) is 6.20 Å². The first-order chi connectivity index (χ1) is 8.99. The van der Waals surface area contributed by atoms with Gasteiger partial charge in [0.25, 0.3) is 16.0 Å². The van der Waals surface area contributed by atoms with Gasteiger partial charge in [-0.05, 0) is 12.1 Å². The molecule has 0 aliphatic heterocycles. The predicted octanol–water partition coefficient (Wildman–Crippen LogP) is -0.234. The van der Waals surface area contributed by atoms with Crippen molar-refractivity contribution in [1.82, 2.24) is 20.2 Å². The van der Waals surface area contributed by atoms with Crippen LogP contribution in [0.25, 0.3) is 0 Å². The van der Waals surface area contributed by atoms with Crippen LogP contribution in [-0.2, 0) is 10.0 Å². The van der Waals surface area contributed by atoms with Crippen LogP contribution < -0.4 is 4.72 Å². The van der Waals surface area contributed by atoms with Gasteiger partial charge in [-0.15, -0.1) is 5.10 Å². The van der Waals surface area contributed by atoms with Crippen molar-refractivity contribution in [3.05, 3.63) is 36.3 Å². The number of aromatic carboxylic acids is 1. The SMILES string of the molecule is O=C(O)c1ccc(S(=O)(=O)Nc2nccnn2)nc1. The molecule has 2 rings (SSSR count). The summed E-state index contributed by atoms with van der Waals surface area (Å²) in [5, 5.41) is 15.3. The zero-order valence-electron chi connectivity index (χ0n) is 9.26. The maximum Gasteiger partial charge on any atom is 0.337 e. The number of carbonyl (C=O) groups is 1. The van der Waals surface area contributed by atoms with Crippen LogP contribution in [-0.4, -0.2) is 39.7 Å². The molecule has 0 saturated heterocycles. The molecule has 0 radical (unpaired) electrons. The zero-order valence-corrected chi connectivity index (χ0v) is 10.1. The van der Waals surface area contributed by atoms with Crippen LogP contribution in [0.15, 0.2) is 35.7 Å². The smallest absolute Gasteiger partial charge is 0.337 e. The normalized spacial score (nSPS) is 10.9. The Hall–Kier alpha value is -2.62. The number of carboxylic acid groups (broad SMARTS) is 1. The van der Waals surface area contributed by atoms with E-state index in [9.17, 15) is 13.2 Å². The molecule has 2 N–H and O–H groups in total. The van der Waals surface area contributed by atoms with Crippen molar-refractivity contribution in [3.8, 4) is 0 Å². The molecule has 2 heterocycles. The molecule has 9 nitrogen and oxygen atoms in total.